The van der Waals surface area contributed by atoms with Crippen LogP contribution in [0.1, 0.15) is 52.0 Å². The second kappa shape index (κ2) is 12.3. The molecule has 2 amide bonds. The van der Waals surface area contributed by atoms with Gasteiger partial charge in [0.2, 0.25) is 0 Å². The van der Waals surface area contributed by atoms with E-state index in [1.807, 2.05) is 0 Å². The Bertz CT molecular complexity index is 1460. The van der Waals surface area contributed by atoms with Crippen molar-refractivity contribution in [3.05, 3.63) is 53.3 Å². The third kappa shape index (κ3) is 7.04. The van der Waals surface area contributed by atoms with Crippen molar-refractivity contribution in [1.82, 2.24) is 20.2 Å². The minimum absolute atomic E-state index is 0.00885. The molecule has 2 aromatic carbocycles. The van der Waals surface area contributed by atoms with Gasteiger partial charge in [0.15, 0.2) is 0 Å². The lowest BCUT2D eigenvalue weighted by atomic mass is 9.91. The summed E-state index contributed by atoms with van der Waals surface area (Å²) in [5.74, 6) is 5.66. The van der Waals surface area contributed by atoms with Gasteiger partial charge in [0.05, 0.1) is 36.7 Å². The minimum Gasteiger partial charge on any atom is -0.495 e. The third-order valence-corrected chi connectivity index (χ3v) is 6.66. The quantitative estimate of drug-likeness (QED) is 0.331. The molecular weight excluding hydrogens is 525 g/mol. The van der Waals surface area contributed by atoms with Crippen LogP contribution in [0.2, 0.25) is 0 Å². The summed E-state index contributed by atoms with van der Waals surface area (Å²) in [6.07, 6.45) is -0.206. The van der Waals surface area contributed by atoms with E-state index >= 15 is 0 Å². The summed E-state index contributed by atoms with van der Waals surface area (Å²) in [7, 11) is 3.03. The van der Waals surface area contributed by atoms with Crippen molar-refractivity contribution < 1.29 is 27.5 Å². The first-order chi connectivity index (χ1) is 19.1. The molecule has 1 aliphatic carbocycles. The normalized spacial score (nSPS) is 17.1. The number of alkyl halides is 3. The molecule has 3 aromatic rings. The molecule has 12 heteroatoms. The first kappa shape index (κ1) is 28.8. The average molecular weight is 557 g/mol. The van der Waals surface area contributed by atoms with Crippen LogP contribution in [-0.4, -0.2) is 60.3 Å². The fraction of sp³-hybridized carbons (Fsp3) is 0.393. The van der Waals surface area contributed by atoms with Crippen LogP contribution in [0.4, 0.5) is 18.9 Å². The van der Waals surface area contributed by atoms with Crippen LogP contribution in [0.25, 0.3) is 11.0 Å². The van der Waals surface area contributed by atoms with E-state index in [0.29, 0.717) is 29.0 Å². The summed E-state index contributed by atoms with van der Waals surface area (Å²) in [6.45, 7) is -1.11. The monoisotopic (exact) mass is 556 g/mol. The summed E-state index contributed by atoms with van der Waals surface area (Å²) in [5.41, 5.74) is 7.85. The molecule has 0 saturated heterocycles. The second-order valence-corrected chi connectivity index (χ2v) is 9.63. The molecule has 0 unspecified atom stereocenters. The standard InChI is InChI=1S/C28H31F3N6O3/c1-33-26(38)18-8-9-24(40-2)22(13-18)34-10-4-5-17-11-21(27(39)36-20-7-3-6-19(32)14-20)25-23(12-17)37(16-35-25)15-28(29,30)31/h8-9,11-13,16,19-20,34H,3,6-7,10,14-15,32H2,1-2H3,(H,33,38)(H,36,39)/t19-,20+/m0/s1. The van der Waals surface area contributed by atoms with Gasteiger partial charge in [-0.1, -0.05) is 11.8 Å². The Kier molecular flexibility index (Phi) is 8.84. The maximum atomic E-state index is 13.2. The molecule has 1 aliphatic rings. The zero-order valence-electron chi connectivity index (χ0n) is 22.2. The van der Waals surface area contributed by atoms with Crippen LogP contribution < -0.4 is 26.4 Å². The van der Waals surface area contributed by atoms with E-state index in [4.69, 9.17) is 10.5 Å². The van der Waals surface area contributed by atoms with Crippen LogP contribution in [0.15, 0.2) is 36.7 Å². The fourth-order valence-corrected chi connectivity index (χ4v) is 4.77. The summed E-state index contributed by atoms with van der Waals surface area (Å²) >= 11 is 0. The molecule has 1 aromatic heterocycles. The summed E-state index contributed by atoms with van der Waals surface area (Å²) in [6, 6.07) is 7.79. The largest absolute Gasteiger partial charge is 0.495 e. The van der Waals surface area contributed by atoms with E-state index in [0.717, 1.165) is 30.2 Å². The Hall–Kier alpha value is -4.24. The van der Waals surface area contributed by atoms with Crippen LogP contribution in [0.3, 0.4) is 0 Å². The van der Waals surface area contributed by atoms with Crippen molar-refractivity contribution in [2.24, 2.45) is 5.73 Å². The first-order valence-electron chi connectivity index (χ1n) is 12.8. The number of anilines is 1. The Morgan fingerprint density at radius 3 is 2.70 bits per heavy atom. The highest BCUT2D eigenvalue weighted by molar-refractivity contribution is 6.05. The zero-order valence-corrected chi connectivity index (χ0v) is 22.2. The highest BCUT2D eigenvalue weighted by atomic mass is 19.4. The summed E-state index contributed by atoms with van der Waals surface area (Å²) < 4.78 is 45.9. The first-order valence-corrected chi connectivity index (χ1v) is 12.8. The predicted molar refractivity (Wildman–Crippen MR) is 145 cm³/mol. The van der Waals surface area contributed by atoms with Crippen molar-refractivity contribution in [1.29, 1.82) is 0 Å². The second-order valence-electron chi connectivity index (χ2n) is 9.63. The molecule has 40 heavy (non-hydrogen) atoms. The van der Waals surface area contributed by atoms with Crippen molar-refractivity contribution in [2.45, 2.75) is 50.5 Å². The fourth-order valence-electron chi connectivity index (χ4n) is 4.77. The zero-order chi connectivity index (χ0) is 28.9. The molecule has 1 saturated carbocycles. The van der Waals surface area contributed by atoms with E-state index in [2.05, 4.69) is 32.8 Å². The number of nitrogens with zero attached hydrogens (tertiary/aromatic N) is 2. The van der Waals surface area contributed by atoms with Gasteiger partial charge in [0, 0.05) is 30.3 Å². The number of amides is 2. The van der Waals surface area contributed by atoms with Gasteiger partial charge >= 0.3 is 6.18 Å². The van der Waals surface area contributed by atoms with E-state index in [1.54, 1.807) is 18.2 Å². The average Bonchev–Trinajstić information content (AvgIpc) is 3.30. The lowest BCUT2D eigenvalue weighted by molar-refractivity contribution is -0.139. The molecule has 0 bridgehead atoms. The third-order valence-electron chi connectivity index (χ3n) is 6.66. The maximum absolute atomic E-state index is 13.2. The molecule has 0 radical (unpaired) electrons. The van der Waals surface area contributed by atoms with Gasteiger partial charge in [-0.25, -0.2) is 4.98 Å². The number of carbonyl (C=O) groups is 2. The van der Waals surface area contributed by atoms with E-state index < -0.39 is 18.6 Å². The van der Waals surface area contributed by atoms with Gasteiger partial charge in [-0.3, -0.25) is 9.59 Å². The Labute approximate surface area is 229 Å². The SMILES string of the molecule is CNC(=O)c1ccc(OC)c(NCC#Cc2cc(C(=O)N[C@@H]3CCC[C@H](N)C3)c3ncn(CC(F)(F)F)c3c2)c1. The summed E-state index contributed by atoms with van der Waals surface area (Å²) in [5, 5.41) is 8.61. The summed E-state index contributed by atoms with van der Waals surface area (Å²) in [4.78, 5) is 29.4. The number of nitrogens with one attached hydrogen (secondary N) is 3. The number of hydrogen-bond acceptors (Lipinski definition) is 6. The van der Waals surface area contributed by atoms with Gasteiger partial charge in [-0.05, 0) is 56.0 Å². The number of imidazole rings is 1. The van der Waals surface area contributed by atoms with Gasteiger partial charge in [-0.2, -0.15) is 13.2 Å². The topological polar surface area (TPSA) is 123 Å². The van der Waals surface area contributed by atoms with Crippen LogP contribution in [0, 0.1) is 11.8 Å². The Balaban J connectivity index is 1.61. The molecule has 1 heterocycles. The van der Waals surface area contributed by atoms with Crippen LogP contribution in [-0.2, 0) is 6.54 Å². The molecule has 5 N–H and O–H groups in total. The number of methoxy groups -OCH3 is 1. The molecule has 4 rings (SSSR count). The molecular formula is C28H31F3N6O3. The van der Waals surface area contributed by atoms with Crippen molar-refractivity contribution in [3.8, 4) is 17.6 Å². The van der Waals surface area contributed by atoms with Crippen molar-refractivity contribution >= 4 is 28.5 Å². The molecule has 212 valence electrons. The number of rotatable bonds is 7. The number of aromatic nitrogens is 2. The molecule has 1 fully saturated rings. The molecule has 0 aliphatic heterocycles. The Morgan fingerprint density at radius 1 is 1.20 bits per heavy atom. The highest BCUT2D eigenvalue weighted by Crippen LogP contribution is 2.27. The highest BCUT2D eigenvalue weighted by Gasteiger charge is 2.29. The van der Waals surface area contributed by atoms with E-state index in [9.17, 15) is 22.8 Å². The van der Waals surface area contributed by atoms with Gasteiger partial charge in [-0.15, -0.1) is 0 Å². The number of ether oxygens (including phenoxy) is 1. The van der Waals surface area contributed by atoms with Crippen molar-refractivity contribution in [3.63, 3.8) is 0 Å². The van der Waals surface area contributed by atoms with Crippen LogP contribution in [0.5, 0.6) is 5.75 Å². The smallest absolute Gasteiger partial charge is 0.406 e. The van der Waals surface area contributed by atoms with Gasteiger partial charge in [0.1, 0.15) is 17.8 Å². The molecule has 9 nitrogen and oxygen atoms in total. The predicted octanol–water partition coefficient (Wildman–Crippen LogP) is 3.43. The maximum Gasteiger partial charge on any atom is 0.406 e. The Morgan fingerprint density at radius 2 is 2.00 bits per heavy atom. The van der Waals surface area contributed by atoms with Crippen LogP contribution >= 0.6 is 0 Å². The van der Waals surface area contributed by atoms with Gasteiger partial charge < -0.3 is 31.0 Å². The minimum atomic E-state index is -4.47. The van der Waals surface area contributed by atoms with E-state index in [-0.39, 0.29) is 41.1 Å². The molecule has 0 spiro atoms. The number of benzene rings is 2. The van der Waals surface area contributed by atoms with Gasteiger partial charge in [0.25, 0.3) is 11.8 Å². The number of fused-ring (bicyclic) bond motifs is 1. The number of carbonyl (C=O) groups excluding carboxylic acids is 2. The van der Waals surface area contributed by atoms with Crippen molar-refractivity contribution in [2.75, 3.05) is 26.0 Å². The molecule has 2 atom stereocenters. The number of halogens is 3. The van der Waals surface area contributed by atoms with E-state index in [1.165, 1.54) is 26.3 Å². The lowest BCUT2D eigenvalue weighted by Gasteiger charge is -2.27. The lowest BCUT2D eigenvalue weighted by Crippen LogP contribution is -2.42. The number of nitrogens with two attached hydrogens (primary N) is 1. The number of hydrogen-bond donors (Lipinski definition) is 4.